The fraction of sp³-hybridized carbons (Fsp3) is 0.947. The van der Waals surface area contributed by atoms with Crippen LogP contribution in [-0.4, -0.2) is 47.4 Å². The first kappa shape index (κ1) is 80.6. The van der Waals surface area contributed by atoms with E-state index < -0.39 is 12.1 Å². The predicted molar refractivity (Wildman–Crippen MR) is 361 cm³/mol. The lowest BCUT2D eigenvalue weighted by molar-refractivity contribution is -0.143. The summed E-state index contributed by atoms with van der Waals surface area (Å²) in [6.07, 6.45) is 89.9. The number of unbranched alkanes of at least 4 members (excludes halogenated alkanes) is 59. The summed E-state index contributed by atoms with van der Waals surface area (Å²) in [5, 5.41) is 23.4. The molecule has 488 valence electrons. The van der Waals surface area contributed by atoms with Crippen molar-refractivity contribution < 1.29 is 24.5 Å². The van der Waals surface area contributed by atoms with E-state index in [0.29, 0.717) is 25.9 Å². The van der Waals surface area contributed by atoms with Crippen molar-refractivity contribution in [1.82, 2.24) is 5.32 Å². The normalized spacial score (nSPS) is 12.5. The third-order valence-electron chi connectivity index (χ3n) is 18.1. The van der Waals surface area contributed by atoms with Gasteiger partial charge in [0, 0.05) is 12.8 Å². The van der Waals surface area contributed by atoms with Gasteiger partial charge in [-0.15, -0.1) is 0 Å². The first-order valence-corrected chi connectivity index (χ1v) is 37.9. The number of rotatable bonds is 72. The maximum atomic E-state index is 12.6. The molecule has 3 N–H and O–H groups in total. The summed E-state index contributed by atoms with van der Waals surface area (Å²) in [6, 6.07) is -0.543. The molecule has 82 heavy (non-hydrogen) atoms. The Labute approximate surface area is 514 Å². The van der Waals surface area contributed by atoms with Crippen molar-refractivity contribution >= 4 is 11.9 Å². The van der Waals surface area contributed by atoms with Crippen molar-refractivity contribution in [2.75, 3.05) is 13.2 Å². The fourth-order valence-corrected chi connectivity index (χ4v) is 12.3. The number of aliphatic hydroxyl groups is 2. The van der Waals surface area contributed by atoms with Crippen molar-refractivity contribution in [2.24, 2.45) is 0 Å². The molecule has 1 amide bonds. The third-order valence-corrected chi connectivity index (χ3v) is 18.1. The average Bonchev–Trinajstić information content (AvgIpc) is 3.48. The number of hydrogen-bond donors (Lipinski definition) is 3. The largest absolute Gasteiger partial charge is 0.466 e. The summed E-state index contributed by atoms with van der Waals surface area (Å²) in [4.78, 5) is 24.7. The second-order valence-corrected chi connectivity index (χ2v) is 26.3. The van der Waals surface area contributed by atoms with Crippen LogP contribution in [0.25, 0.3) is 0 Å². The van der Waals surface area contributed by atoms with Gasteiger partial charge in [-0.1, -0.05) is 386 Å². The van der Waals surface area contributed by atoms with E-state index in [1.54, 1.807) is 0 Å². The first-order valence-electron chi connectivity index (χ1n) is 37.9. The Bertz CT molecular complexity index is 1240. The third kappa shape index (κ3) is 67.7. The molecule has 6 heteroatoms. The lowest BCUT2D eigenvalue weighted by Gasteiger charge is -2.22. The Morgan fingerprint density at radius 3 is 0.866 bits per heavy atom. The van der Waals surface area contributed by atoms with Gasteiger partial charge in [-0.05, 0) is 51.4 Å². The molecule has 0 aliphatic rings. The van der Waals surface area contributed by atoms with Crippen LogP contribution in [0.15, 0.2) is 12.2 Å². The zero-order chi connectivity index (χ0) is 59.2. The molecule has 6 nitrogen and oxygen atoms in total. The van der Waals surface area contributed by atoms with E-state index in [9.17, 15) is 19.8 Å². The maximum Gasteiger partial charge on any atom is 0.305 e. The summed E-state index contributed by atoms with van der Waals surface area (Å²) in [6.45, 7) is 5.01. The minimum Gasteiger partial charge on any atom is -0.466 e. The van der Waals surface area contributed by atoms with Crippen molar-refractivity contribution in [3.8, 4) is 0 Å². The number of hydrogen-bond acceptors (Lipinski definition) is 5. The number of ether oxygens (including phenoxy) is 1. The highest BCUT2D eigenvalue weighted by Gasteiger charge is 2.20. The van der Waals surface area contributed by atoms with Crippen molar-refractivity contribution in [1.29, 1.82) is 0 Å². The number of amides is 1. The molecule has 2 atom stereocenters. The molecule has 0 heterocycles. The van der Waals surface area contributed by atoms with Gasteiger partial charge < -0.3 is 20.3 Å². The van der Waals surface area contributed by atoms with Crippen LogP contribution < -0.4 is 5.32 Å². The molecule has 0 bridgehead atoms. The molecule has 0 spiro atoms. The minimum absolute atomic E-state index is 0.0199. The van der Waals surface area contributed by atoms with E-state index >= 15 is 0 Å². The van der Waals surface area contributed by atoms with Crippen LogP contribution in [0.1, 0.15) is 438 Å². The first-order chi connectivity index (χ1) is 40.5. The molecule has 0 rings (SSSR count). The van der Waals surface area contributed by atoms with Crippen LogP contribution in [0.4, 0.5) is 0 Å². The molecular formula is C76H149NO5. The summed E-state index contributed by atoms with van der Waals surface area (Å²) in [5.74, 6) is -0.0104. The summed E-state index contributed by atoms with van der Waals surface area (Å²) < 4.78 is 5.51. The Morgan fingerprint density at radius 1 is 0.329 bits per heavy atom. The van der Waals surface area contributed by atoms with Gasteiger partial charge in [0.05, 0.1) is 25.4 Å². The van der Waals surface area contributed by atoms with Crippen LogP contribution in [0, 0.1) is 0 Å². The molecular weight excluding hydrogens is 1010 g/mol. The summed E-state index contributed by atoms with van der Waals surface area (Å²) in [7, 11) is 0. The highest BCUT2D eigenvalue weighted by molar-refractivity contribution is 5.76. The highest BCUT2D eigenvalue weighted by atomic mass is 16.5. The second kappa shape index (κ2) is 72.1. The number of esters is 1. The molecule has 0 aromatic carbocycles. The number of carbonyl (C=O) groups is 2. The van der Waals surface area contributed by atoms with Gasteiger partial charge in [0.1, 0.15) is 0 Å². The zero-order valence-electron chi connectivity index (χ0n) is 56.0. The van der Waals surface area contributed by atoms with Gasteiger partial charge in [-0.3, -0.25) is 9.59 Å². The fourth-order valence-electron chi connectivity index (χ4n) is 12.3. The Kier molecular flexibility index (Phi) is 70.8. The van der Waals surface area contributed by atoms with E-state index in [2.05, 4.69) is 31.3 Å². The van der Waals surface area contributed by atoms with Gasteiger partial charge in [-0.2, -0.15) is 0 Å². The molecule has 0 aliphatic carbocycles. The van der Waals surface area contributed by atoms with E-state index in [4.69, 9.17) is 4.74 Å². The predicted octanol–water partition coefficient (Wildman–Crippen LogP) is 24.7. The van der Waals surface area contributed by atoms with Crippen LogP contribution in [0.3, 0.4) is 0 Å². The van der Waals surface area contributed by atoms with E-state index in [1.165, 1.54) is 366 Å². The van der Waals surface area contributed by atoms with Crippen molar-refractivity contribution in [3.63, 3.8) is 0 Å². The monoisotopic (exact) mass is 1160 g/mol. The van der Waals surface area contributed by atoms with Crippen molar-refractivity contribution in [2.45, 2.75) is 450 Å². The van der Waals surface area contributed by atoms with Crippen molar-refractivity contribution in [3.05, 3.63) is 12.2 Å². The quantitative estimate of drug-likeness (QED) is 0.0320. The summed E-state index contributed by atoms with van der Waals surface area (Å²) in [5.41, 5.74) is 0. The van der Waals surface area contributed by atoms with E-state index in [0.717, 1.165) is 38.5 Å². The molecule has 0 aromatic heterocycles. The van der Waals surface area contributed by atoms with E-state index in [-0.39, 0.29) is 18.5 Å². The molecule has 0 saturated carbocycles. The molecule has 0 aromatic rings. The van der Waals surface area contributed by atoms with Gasteiger partial charge in [0.25, 0.3) is 0 Å². The van der Waals surface area contributed by atoms with Gasteiger partial charge in [0.15, 0.2) is 0 Å². The van der Waals surface area contributed by atoms with Crippen LogP contribution >= 0.6 is 0 Å². The zero-order valence-corrected chi connectivity index (χ0v) is 56.0. The molecule has 0 saturated heterocycles. The molecule has 0 radical (unpaired) electrons. The standard InChI is InChI=1S/C76H149NO5/c1-3-5-7-9-11-13-15-17-19-21-22-23-31-34-37-40-44-48-52-56-60-64-68-74(79)73(72-78)77-75(80)69-65-61-57-53-49-45-41-38-35-32-29-27-25-24-26-28-30-33-36-39-43-47-51-55-59-63-67-71-82-76(81)70-66-62-58-54-50-46-42-20-18-16-14-12-10-8-6-4-2/h24-25,73-74,78-79H,3-23,26-72H2,1-2H3,(H,77,80)/b25-24-. The van der Waals surface area contributed by atoms with Crippen LogP contribution in [0.2, 0.25) is 0 Å². The summed E-state index contributed by atoms with van der Waals surface area (Å²) >= 11 is 0. The van der Waals surface area contributed by atoms with Crippen LogP contribution in [-0.2, 0) is 14.3 Å². The number of carbonyl (C=O) groups excluding carboxylic acids is 2. The molecule has 0 fully saturated rings. The highest BCUT2D eigenvalue weighted by Crippen LogP contribution is 2.20. The van der Waals surface area contributed by atoms with Gasteiger partial charge >= 0.3 is 5.97 Å². The number of nitrogens with one attached hydrogen (secondary N) is 1. The Hall–Kier alpha value is -1.40. The van der Waals surface area contributed by atoms with E-state index in [1.807, 2.05) is 0 Å². The van der Waals surface area contributed by atoms with Gasteiger partial charge in [0.2, 0.25) is 5.91 Å². The smallest absolute Gasteiger partial charge is 0.305 e. The average molecular weight is 1160 g/mol. The lowest BCUT2D eigenvalue weighted by Crippen LogP contribution is -2.45. The second-order valence-electron chi connectivity index (χ2n) is 26.3. The lowest BCUT2D eigenvalue weighted by atomic mass is 10.0. The molecule has 0 aliphatic heterocycles. The topological polar surface area (TPSA) is 95.9 Å². The van der Waals surface area contributed by atoms with Gasteiger partial charge in [-0.25, -0.2) is 0 Å². The SMILES string of the molecule is CCCCCCCCCCCCCCCCCCCCCCCCC(O)C(CO)NC(=O)CCCCCCCCCCCCC/C=C\CCCCCCCCCCCCCCOC(=O)CCCCCCCCCCCCCCCCCC. The van der Waals surface area contributed by atoms with Crippen LogP contribution in [0.5, 0.6) is 0 Å². The Morgan fingerprint density at radius 2 is 0.573 bits per heavy atom. The number of aliphatic hydroxyl groups excluding tert-OH is 2. The number of allylic oxidation sites excluding steroid dienone is 2. The maximum absolute atomic E-state index is 12.6. The Balaban J connectivity index is 3.37. The minimum atomic E-state index is -0.666. The molecule has 2 unspecified atom stereocenters.